The van der Waals surface area contributed by atoms with Gasteiger partial charge in [0.15, 0.2) is 5.65 Å². The monoisotopic (exact) mass is 338 g/mol. The number of nitrogens with two attached hydrogens (primary N) is 1. The van der Waals surface area contributed by atoms with Crippen molar-refractivity contribution in [1.82, 2.24) is 15.0 Å². The number of aryl methyl sites for hydroxylation is 2. The van der Waals surface area contributed by atoms with Gasteiger partial charge in [0.25, 0.3) is 5.56 Å². The zero-order chi connectivity index (χ0) is 17.8. The molecule has 0 spiro atoms. The lowest BCUT2D eigenvalue weighted by Crippen LogP contribution is -2.12. The Hall–Kier alpha value is -3.22. The summed E-state index contributed by atoms with van der Waals surface area (Å²) in [6.07, 6.45) is 4.25. The molecule has 3 aromatic rings. The third kappa shape index (κ3) is 3.82. The molecule has 0 amide bonds. The molecule has 0 aliphatic carbocycles. The maximum atomic E-state index is 11.9. The van der Waals surface area contributed by atoms with Crippen molar-refractivity contribution in [3.8, 4) is 0 Å². The highest BCUT2D eigenvalue weighted by Gasteiger charge is 2.06. The second-order valence-electron chi connectivity index (χ2n) is 5.71. The molecule has 3 rings (SSSR count). The standard InChI is InChI=1S/C18H18N4O3/c1-25-17(24)13-7-5-11(6-8-13)3-2-4-12-9-14-15(20-10-12)21-18(19)22-16(14)23/h5-10H,2-4H2,1H3,(H3,19,20,21,22,23). The third-order valence-corrected chi connectivity index (χ3v) is 3.94. The normalized spacial score (nSPS) is 10.8. The molecule has 7 heteroatoms. The SMILES string of the molecule is COC(=O)c1ccc(CCCc2cnc3nc(N)[nH]c(=O)c3c2)cc1. The molecule has 2 heterocycles. The molecule has 7 nitrogen and oxygen atoms in total. The van der Waals surface area contributed by atoms with Gasteiger partial charge in [0, 0.05) is 6.20 Å². The number of carbonyl (C=O) groups excluding carboxylic acids is 1. The van der Waals surface area contributed by atoms with E-state index in [2.05, 4.69) is 19.7 Å². The van der Waals surface area contributed by atoms with Gasteiger partial charge in [0.2, 0.25) is 5.95 Å². The number of hydrogen-bond donors (Lipinski definition) is 2. The first kappa shape index (κ1) is 16.6. The minimum absolute atomic E-state index is 0.0631. The summed E-state index contributed by atoms with van der Waals surface area (Å²) in [5.74, 6) is -0.276. The van der Waals surface area contributed by atoms with Gasteiger partial charge in [-0.15, -0.1) is 0 Å². The van der Waals surface area contributed by atoms with E-state index in [1.165, 1.54) is 7.11 Å². The second kappa shape index (κ2) is 7.12. The number of methoxy groups -OCH3 is 1. The molecule has 128 valence electrons. The number of nitrogens with one attached hydrogen (secondary N) is 1. The molecule has 0 aliphatic rings. The summed E-state index contributed by atoms with van der Waals surface area (Å²) in [6, 6.07) is 9.15. The van der Waals surface area contributed by atoms with Crippen molar-refractivity contribution in [3.63, 3.8) is 0 Å². The number of fused-ring (bicyclic) bond motifs is 1. The lowest BCUT2D eigenvalue weighted by molar-refractivity contribution is 0.0600. The van der Waals surface area contributed by atoms with Crippen molar-refractivity contribution in [2.24, 2.45) is 0 Å². The highest BCUT2D eigenvalue weighted by atomic mass is 16.5. The number of benzene rings is 1. The number of carbonyl (C=O) groups is 1. The average Bonchev–Trinajstić information content (AvgIpc) is 2.62. The molecule has 0 radical (unpaired) electrons. The smallest absolute Gasteiger partial charge is 0.337 e. The van der Waals surface area contributed by atoms with Crippen molar-refractivity contribution >= 4 is 23.0 Å². The Morgan fingerprint density at radius 1 is 1.20 bits per heavy atom. The van der Waals surface area contributed by atoms with Gasteiger partial charge in [0.05, 0.1) is 18.1 Å². The van der Waals surface area contributed by atoms with Crippen LogP contribution < -0.4 is 11.3 Å². The highest BCUT2D eigenvalue weighted by molar-refractivity contribution is 5.89. The van der Waals surface area contributed by atoms with Crippen molar-refractivity contribution in [2.75, 3.05) is 12.8 Å². The lowest BCUT2D eigenvalue weighted by atomic mass is 10.0. The number of H-pyrrole nitrogens is 1. The molecule has 0 atom stereocenters. The molecule has 3 N–H and O–H groups in total. The minimum Gasteiger partial charge on any atom is -0.465 e. The molecule has 0 bridgehead atoms. The fourth-order valence-corrected chi connectivity index (χ4v) is 2.64. The number of anilines is 1. The lowest BCUT2D eigenvalue weighted by Gasteiger charge is -2.05. The topological polar surface area (TPSA) is 111 Å². The van der Waals surface area contributed by atoms with E-state index in [-0.39, 0.29) is 17.5 Å². The van der Waals surface area contributed by atoms with E-state index in [0.717, 1.165) is 30.4 Å². The number of nitrogens with zero attached hydrogens (tertiary/aromatic N) is 2. The van der Waals surface area contributed by atoms with Crippen molar-refractivity contribution < 1.29 is 9.53 Å². The predicted octanol–water partition coefficient (Wildman–Crippen LogP) is 1.86. The number of aromatic amines is 1. The van der Waals surface area contributed by atoms with Crippen LogP contribution in [0.2, 0.25) is 0 Å². The first-order valence-electron chi connectivity index (χ1n) is 7.88. The van der Waals surface area contributed by atoms with E-state index in [1.807, 2.05) is 12.1 Å². The number of esters is 1. The van der Waals surface area contributed by atoms with E-state index in [9.17, 15) is 9.59 Å². The highest BCUT2D eigenvalue weighted by Crippen LogP contribution is 2.13. The van der Waals surface area contributed by atoms with Gasteiger partial charge >= 0.3 is 5.97 Å². The summed E-state index contributed by atoms with van der Waals surface area (Å²) >= 11 is 0. The number of ether oxygens (including phenoxy) is 1. The molecule has 0 fully saturated rings. The number of nitrogen functional groups attached to an aromatic ring is 1. The van der Waals surface area contributed by atoms with Crippen LogP contribution in [0.5, 0.6) is 0 Å². The summed E-state index contributed by atoms with van der Waals surface area (Å²) in [4.78, 5) is 34.0. The van der Waals surface area contributed by atoms with Crippen LogP contribution in [0.15, 0.2) is 41.3 Å². The first-order valence-corrected chi connectivity index (χ1v) is 7.88. The Labute approximate surface area is 143 Å². The summed E-state index contributed by atoms with van der Waals surface area (Å²) in [7, 11) is 1.36. The zero-order valence-corrected chi connectivity index (χ0v) is 13.8. The van der Waals surface area contributed by atoms with E-state index in [1.54, 1.807) is 24.4 Å². The van der Waals surface area contributed by atoms with Gasteiger partial charge in [-0.05, 0) is 48.6 Å². The van der Waals surface area contributed by atoms with Crippen LogP contribution in [0.25, 0.3) is 11.0 Å². The van der Waals surface area contributed by atoms with E-state index < -0.39 is 0 Å². The van der Waals surface area contributed by atoms with Gasteiger partial charge in [-0.1, -0.05) is 12.1 Å². The van der Waals surface area contributed by atoms with Gasteiger partial charge < -0.3 is 10.5 Å². The van der Waals surface area contributed by atoms with E-state index in [4.69, 9.17) is 5.73 Å². The second-order valence-corrected chi connectivity index (χ2v) is 5.71. The van der Waals surface area contributed by atoms with Gasteiger partial charge in [0.1, 0.15) is 0 Å². The summed E-state index contributed by atoms with van der Waals surface area (Å²) in [6.45, 7) is 0. The summed E-state index contributed by atoms with van der Waals surface area (Å²) in [5, 5.41) is 0.439. The number of rotatable bonds is 5. The van der Waals surface area contributed by atoms with Crippen molar-refractivity contribution in [3.05, 3.63) is 63.6 Å². The van der Waals surface area contributed by atoms with Gasteiger partial charge in [-0.3, -0.25) is 9.78 Å². The minimum atomic E-state index is -0.340. The molecule has 1 aromatic carbocycles. The number of hydrogen-bond acceptors (Lipinski definition) is 6. The quantitative estimate of drug-likeness (QED) is 0.687. The van der Waals surface area contributed by atoms with Crippen LogP contribution in [-0.4, -0.2) is 28.0 Å². The van der Waals surface area contributed by atoms with Crippen LogP contribution in [0.4, 0.5) is 5.95 Å². The van der Waals surface area contributed by atoms with Crippen LogP contribution in [0.3, 0.4) is 0 Å². The fraction of sp³-hybridized carbons (Fsp3) is 0.222. The molecule has 0 saturated carbocycles. The van der Waals surface area contributed by atoms with Gasteiger partial charge in [-0.25, -0.2) is 9.78 Å². The largest absolute Gasteiger partial charge is 0.465 e. The Kier molecular flexibility index (Phi) is 4.74. The molecule has 0 aliphatic heterocycles. The van der Waals surface area contributed by atoms with E-state index >= 15 is 0 Å². The molecule has 0 saturated heterocycles. The number of aromatic nitrogens is 3. The molecule has 0 unspecified atom stereocenters. The first-order chi connectivity index (χ1) is 12.1. The Bertz CT molecular complexity index is 964. The third-order valence-electron chi connectivity index (χ3n) is 3.94. The number of pyridine rings is 1. The Morgan fingerprint density at radius 2 is 1.92 bits per heavy atom. The van der Waals surface area contributed by atoms with E-state index in [0.29, 0.717) is 16.6 Å². The van der Waals surface area contributed by atoms with Crippen LogP contribution in [0, 0.1) is 0 Å². The van der Waals surface area contributed by atoms with Gasteiger partial charge in [-0.2, -0.15) is 4.98 Å². The van der Waals surface area contributed by atoms with Crippen LogP contribution in [-0.2, 0) is 17.6 Å². The Morgan fingerprint density at radius 3 is 2.64 bits per heavy atom. The Balaban J connectivity index is 1.65. The van der Waals surface area contributed by atoms with Crippen LogP contribution >= 0.6 is 0 Å². The molecular formula is C18H18N4O3. The fourth-order valence-electron chi connectivity index (χ4n) is 2.64. The maximum absolute atomic E-state index is 11.9. The van der Waals surface area contributed by atoms with Crippen molar-refractivity contribution in [1.29, 1.82) is 0 Å². The van der Waals surface area contributed by atoms with Crippen molar-refractivity contribution in [2.45, 2.75) is 19.3 Å². The maximum Gasteiger partial charge on any atom is 0.337 e. The average molecular weight is 338 g/mol. The summed E-state index contributed by atoms with van der Waals surface area (Å²) in [5.41, 5.74) is 8.22. The predicted molar refractivity (Wildman–Crippen MR) is 94.4 cm³/mol. The molecule has 2 aromatic heterocycles. The zero-order valence-electron chi connectivity index (χ0n) is 13.8. The van der Waals surface area contributed by atoms with Crippen LogP contribution in [0.1, 0.15) is 27.9 Å². The molecular weight excluding hydrogens is 320 g/mol. The molecule has 25 heavy (non-hydrogen) atoms. The summed E-state index contributed by atoms with van der Waals surface area (Å²) < 4.78 is 4.68.